The predicted molar refractivity (Wildman–Crippen MR) is 164 cm³/mol. The van der Waals surface area contributed by atoms with Crippen molar-refractivity contribution in [2.24, 2.45) is 0 Å². The number of ether oxygens (including phenoxy) is 3. The third kappa shape index (κ3) is 6.25. The molecule has 4 aromatic rings. The Morgan fingerprint density at radius 2 is 1.22 bits per heavy atom. The summed E-state index contributed by atoms with van der Waals surface area (Å²) in [6.07, 6.45) is -6.40. The molecule has 1 fully saturated rings. The van der Waals surface area contributed by atoms with Crippen LogP contribution in [-0.4, -0.2) is 65.1 Å². The molecule has 6 rings (SSSR count). The molecule has 1 saturated heterocycles. The summed E-state index contributed by atoms with van der Waals surface area (Å²) in [6, 6.07) is 28.2. The first-order valence-electron chi connectivity index (χ1n) is 14.3. The number of hydrogen-bond donors (Lipinski definition) is 0. The molecule has 0 saturated carbocycles. The number of rotatable bonds is 8. The maximum atomic E-state index is 16.3. The van der Waals surface area contributed by atoms with Crippen LogP contribution in [0.5, 0.6) is 0 Å². The maximum absolute atomic E-state index is 16.3. The van der Waals surface area contributed by atoms with E-state index in [2.05, 4.69) is 0 Å². The first kappa shape index (κ1) is 30.2. The number of nitrogens with zero attached hydrogens (tertiary/aromatic N) is 1. The van der Waals surface area contributed by atoms with Gasteiger partial charge in [0.05, 0.1) is 22.3 Å². The summed E-state index contributed by atoms with van der Waals surface area (Å²) in [5, 5.41) is 0. The fourth-order valence-corrected chi connectivity index (χ4v) is 6.33. The molecule has 2 aliphatic heterocycles. The van der Waals surface area contributed by atoms with Crippen molar-refractivity contribution in [3.8, 4) is 0 Å². The minimum absolute atomic E-state index is 0.0812. The van der Waals surface area contributed by atoms with Crippen LogP contribution in [0, 0.1) is 6.92 Å². The lowest BCUT2D eigenvalue weighted by molar-refractivity contribution is -0.225. The average molecular weight is 626 g/mol. The molecule has 45 heavy (non-hydrogen) atoms. The molecule has 0 aliphatic carbocycles. The van der Waals surface area contributed by atoms with Gasteiger partial charge in [-0.3, -0.25) is 14.5 Å². The number of thioether (sulfide) groups is 1. The molecule has 10 heteroatoms. The number of benzene rings is 4. The number of aryl methyl sites for hydroxylation is 1. The highest BCUT2D eigenvalue weighted by atomic mass is 32.2. The molecular weight excluding hydrogens is 597 g/mol. The third-order valence-electron chi connectivity index (χ3n) is 7.66. The zero-order valence-electron chi connectivity index (χ0n) is 24.1. The Kier molecular flexibility index (Phi) is 8.77. The Balaban J connectivity index is 1.40. The zero-order valence-corrected chi connectivity index (χ0v) is 24.9. The fourth-order valence-electron chi connectivity index (χ4n) is 5.38. The van der Waals surface area contributed by atoms with E-state index in [1.807, 2.05) is 31.2 Å². The zero-order chi connectivity index (χ0) is 31.5. The monoisotopic (exact) mass is 625 g/mol. The van der Waals surface area contributed by atoms with Crippen molar-refractivity contribution in [3.63, 3.8) is 0 Å². The average Bonchev–Trinajstić information content (AvgIpc) is 3.31. The summed E-state index contributed by atoms with van der Waals surface area (Å²) in [5.41, 5.74) is 1.58. The molecule has 2 aliphatic rings. The molecule has 0 spiro atoms. The minimum atomic E-state index is -2.27. The van der Waals surface area contributed by atoms with Gasteiger partial charge < -0.3 is 14.2 Å². The van der Waals surface area contributed by atoms with Crippen LogP contribution >= 0.6 is 11.8 Å². The predicted octanol–water partition coefficient (Wildman–Crippen LogP) is 5.90. The highest BCUT2D eigenvalue weighted by molar-refractivity contribution is 7.99. The van der Waals surface area contributed by atoms with Gasteiger partial charge in [-0.25, -0.2) is 14.0 Å². The number of halogens is 1. The van der Waals surface area contributed by atoms with Crippen molar-refractivity contribution in [1.29, 1.82) is 0 Å². The largest absolute Gasteiger partial charge is 0.452 e. The van der Waals surface area contributed by atoms with Crippen LogP contribution < -0.4 is 0 Å². The number of amides is 2. The molecule has 2 amide bonds. The summed E-state index contributed by atoms with van der Waals surface area (Å²) >= 11 is 1.34. The number of hydrogen-bond acceptors (Lipinski definition) is 8. The van der Waals surface area contributed by atoms with E-state index in [0.717, 1.165) is 10.5 Å². The summed E-state index contributed by atoms with van der Waals surface area (Å²) in [4.78, 5) is 55.6. The highest BCUT2D eigenvalue weighted by Crippen LogP contribution is 2.37. The van der Waals surface area contributed by atoms with Crippen molar-refractivity contribution >= 4 is 35.5 Å². The van der Waals surface area contributed by atoms with E-state index >= 15 is 4.39 Å². The molecular formula is C35H28FNO7S. The van der Waals surface area contributed by atoms with Gasteiger partial charge in [-0.05, 0) is 55.5 Å². The van der Waals surface area contributed by atoms with Crippen LogP contribution in [0.2, 0.25) is 0 Å². The molecule has 0 bridgehead atoms. The Hall–Kier alpha value is -4.80. The molecule has 0 aromatic heterocycles. The third-order valence-corrected chi connectivity index (χ3v) is 8.76. The van der Waals surface area contributed by atoms with Crippen molar-refractivity contribution in [1.82, 2.24) is 4.90 Å². The summed E-state index contributed by atoms with van der Waals surface area (Å²) in [5.74, 6) is -3.05. The lowest BCUT2D eigenvalue weighted by Crippen LogP contribution is -2.66. The second-order valence-electron chi connectivity index (χ2n) is 10.6. The van der Waals surface area contributed by atoms with Crippen LogP contribution in [-0.2, 0) is 14.2 Å². The molecule has 228 valence electrons. The van der Waals surface area contributed by atoms with E-state index in [1.54, 1.807) is 60.7 Å². The van der Waals surface area contributed by atoms with Gasteiger partial charge in [0.15, 0.2) is 12.2 Å². The van der Waals surface area contributed by atoms with Gasteiger partial charge in [0, 0.05) is 10.6 Å². The Morgan fingerprint density at radius 3 is 1.76 bits per heavy atom. The molecule has 0 N–H and O–H groups in total. The van der Waals surface area contributed by atoms with E-state index in [-0.39, 0.29) is 28.0 Å². The lowest BCUT2D eigenvalue weighted by Gasteiger charge is -2.45. The highest BCUT2D eigenvalue weighted by Gasteiger charge is 2.57. The summed E-state index contributed by atoms with van der Waals surface area (Å²) in [7, 11) is 0. The quantitative estimate of drug-likeness (QED) is 0.136. The smallest absolute Gasteiger partial charge is 0.338 e. The van der Waals surface area contributed by atoms with Gasteiger partial charge in [-0.2, -0.15) is 0 Å². The van der Waals surface area contributed by atoms with Crippen LogP contribution in [0.1, 0.15) is 47.0 Å². The van der Waals surface area contributed by atoms with E-state index in [1.165, 1.54) is 36.0 Å². The Labute approximate surface area is 263 Å². The lowest BCUT2D eigenvalue weighted by atomic mass is 9.95. The fraction of sp³-hybridized carbons (Fsp3) is 0.200. The number of alkyl halides is 1. The number of fused-ring (bicyclic) bond motifs is 1. The molecule has 0 unspecified atom stereocenters. The summed E-state index contributed by atoms with van der Waals surface area (Å²) < 4.78 is 34.0. The second kappa shape index (κ2) is 13.1. The molecule has 0 radical (unpaired) electrons. The van der Waals surface area contributed by atoms with Gasteiger partial charge >= 0.3 is 11.9 Å². The van der Waals surface area contributed by atoms with Gasteiger partial charge in [0.2, 0.25) is 6.36 Å². The van der Waals surface area contributed by atoms with Gasteiger partial charge in [-0.15, -0.1) is 11.8 Å². The second-order valence-corrected chi connectivity index (χ2v) is 11.7. The van der Waals surface area contributed by atoms with Crippen molar-refractivity contribution in [3.05, 3.63) is 137 Å². The normalized spacial score (nSPS) is 22.5. The standard InChI is InChI=1S/C35H28FNO7S/c1-21-16-18-24(19-17-21)45-20-27-29(43-34(40)22-10-4-2-5-11-22)30(44-35(41)23-12-6-3-7-13-23)28(31(36)42-27)37-32(38)25-14-8-9-15-26(25)33(37)39/h2-19,27-31H,20H2,1H3/t27-,28-,29-,30-,31-/m1/s1. The molecule has 5 atom stereocenters. The molecule has 8 nitrogen and oxygen atoms in total. The van der Waals surface area contributed by atoms with Crippen LogP contribution in [0.3, 0.4) is 0 Å². The van der Waals surface area contributed by atoms with Gasteiger partial charge in [-0.1, -0.05) is 66.2 Å². The Bertz CT molecular complexity index is 1680. The maximum Gasteiger partial charge on any atom is 0.338 e. The van der Waals surface area contributed by atoms with Crippen molar-refractivity contribution < 1.29 is 37.8 Å². The number of carbonyl (C=O) groups is 4. The molecule has 4 aromatic carbocycles. The van der Waals surface area contributed by atoms with E-state index in [0.29, 0.717) is 4.90 Å². The van der Waals surface area contributed by atoms with E-state index < -0.39 is 54.5 Å². The van der Waals surface area contributed by atoms with Crippen molar-refractivity contribution in [2.75, 3.05) is 5.75 Å². The summed E-state index contributed by atoms with van der Waals surface area (Å²) in [6.45, 7) is 1.95. The minimum Gasteiger partial charge on any atom is -0.452 e. The van der Waals surface area contributed by atoms with Crippen LogP contribution in [0.15, 0.2) is 114 Å². The molecule has 2 heterocycles. The van der Waals surface area contributed by atoms with E-state index in [4.69, 9.17) is 14.2 Å². The Morgan fingerprint density at radius 1 is 0.733 bits per heavy atom. The van der Waals surface area contributed by atoms with Gasteiger partial charge in [0.25, 0.3) is 11.8 Å². The first-order valence-corrected chi connectivity index (χ1v) is 15.3. The number of carbonyl (C=O) groups excluding carboxylic acids is 4. The van der Waals surface area contributed by atoms with E-state index in [9.17, 15) is 19.2 Å². The van der Waals surface area contributed by atoms with Crippen LogP contribution in [0.4, 0.5) is 4.39 Å². The van der Waals surface area contributed by atoms with Gasteiger partial charge in [0.1, 0.15) is 12.1 Å². The topological polar surface area (TPSA) is 99.2 Å². The van der Waals surface area contributed by atoms with Crippen LogP contribution in [0.25, 0.3) is 0 Å². The first-order chi connectivity index (χ1) is 21.8. The number of imide groups is 1. The van der Waals surface area contributed by atoms with Crippen molar-refractivity contribution in [2.45, 2.75) is 42.5 Å². The SMILES string of the molecule is Cc1ccc(SC[C@H]2O[C@@H](F)[C@H](N3C(=O)c4ccccc4C3=O)[C@@H](OC(=O)c3ccccc3)[C@@H]2OC(=O)c2ccccc2)cc1. The number of esters is 2.